The molecule has 0 spiro atoms. The van der Waals surface area contributed by atoms with Crippen LogP contribution in [0.4, 0.5) is 11.4 Å². The number of hydrogen-bond acceptors (Lipinski definition) is 6. The number of fused-ring (bicyclic) bond motifs is 8. The zero-order valence-electron chi connectivity index (χ0n) is 48.6. The number of rotatable bonds is 32. The molecule has 2 aliphatic carbocycles. The molecule has 3 aliphatic rings. The van der Waals surface area contributed by atoms with E-state index in [9.17, 15) is 0 Å². The van der Waals surface area contributed by atoms with Crippen LogP contribution >= 0.6 is 22.7 Å². The van der Waals surface area contributed by atoms with Gasteiger partial charge in [0, 0.05) is 0 Å². The van der Waals surface area contributed by atoms with Crippen LogP contribution in [-0.4, -0.2) is 37.5 Å². The monoisotopic (exact) mass is 1230 g/mol. The maximum absolute atomic E-state index is 5.26. The van der Waals surface area contributed by atoms with Gasteiger partial charge in [-0.25, -0.2) is 0 Å². The molecule has 0 radical (unpaired) electrons. The van der Waals surface area contributed by atoms with Crippen molar-refractivity contribution in [3.8, 4) is 64.0 Å². The summed E-state index contributed by atoms with van der Waals surface area (Å²) in [7, 11) is 0. The SMILES string of the molecule is CCCCCCCCC1(CCCCCCCC)c2ccccc2-c2ccc(-c3ccc(-c4c5c(c(-c6ccc(-c7ccc8c(c7)C(CCCCCCCC)(CCCCCCCC)c7ccccc7-8)s6)c6n[se]nc46)N=[Se]=N5)s3)cc21. The molecule has 11 rings (SSSR count). The molecule has 8 heteroatoms. The van der Waals surface area contributed by atoms with Crippen LogP contribution in [0.5, 0.6) is 0 Å². The third-order valence-electron chi connectivity index (χ3n) is 18.6. The normalized spacial score (nSPS) is 14.2. The predicted octanol–water partition coefficient (Wildman–Crippen LogP) is 23.4. The van der Waals surface area contributed by atoms with Crippen LogP contribution in [0.1, 0.15) is 230 Å². The molecule has 1 aliphatic heterocycles. The Morgan fingerprint density at radius 2 is 0.688 bits per heavy atom. The number of nitrogens with zero attached hydrogens (tertiary/aromatic N) is 4. The summed E-state index contributed by atoms with van der Waals surface area (Å²) in [6, 6.07) is 43.3. The van der Waals surface area contributed by atoms with E-state index in [0.29, 0.717) is 0 Å². The molecule has 0 saturated heterocycles. The van der Waals surface area contributed by atoms with Crippen LogP contribution < -0.4 is 0 Å². The first-order chi connectivity index (χ1) is 39.5. The van der Waals surface area contributed by atoms with Crippen molar-refractivity contribution in [3.63, 3.8) is 0 Å². The summed E-state index contributed by atoms with van der Waals surface area (Å²) in [6.07, 6.45) is 36.8. The fourth-order valence-electron chi connectivity index (χ4n) is 14.4. The van der Waals surface area contributed by atoms with Gasteiger partial charge in [-0.05, 0) is 0 Å². The van der Waals surface area contributed by atoms with Gasteiger partial charge in [0.1, 0.15) is 0 Å². The zero-order valence-corrected chi connectivity index (χ0v) is 53.7. The molecule has 0 saturated carbocycles. The summed E-state index contributed by atoms with van der Waals surface area (Å²) in [6.45, 7) is 9.31. The first kappa shape index (κ1) is 57.6. The van der Waals surface area contributed by atoms with Gasteiger partial charge < -0.3 is 0 Å². The van der Waals surface area contributed by atoms with Crippen LogP contribution in [0, 0.1) is 0 Å². The van der Waals surface area contributed by atoms with Gasteiger partial charge in [-0.3, -0.25) is 0 Å². The summed E-state index contributed by atoms with van der Waals surface area (Å²) in [5.41, 5.74) is 21.2. The standard InChI is InChI=1S/C72H86N4S2Se2/c1-5-9-13-17-21-29-45-71(46-30-22-18-14-10-6-2)57-35-27-25-33-53(57)55-39-37-51(49-59(55)71)61-41-43-63(77-61)65-67-69(75-79-73-67)66(70-68(65)74-80-76-70)64-44-42-62(78-64)52-38-40-56-54-34-26-28-36-58(54)72(60(56)50-52,47-31-23-19-15-11-7-3)48-32-24-20-16-12-8-4/h25-28,33-44,49-50H,5-24,29-32,45-48H2,1-4H3. The second-order valence-electron chi connectivity index (χ2n) is 23.8. The topological polar surface area (TPSA) is 50.5 Å². The van der Waals surface area contributed by atoms with Crippen molar-refractivity contribution in [1.29, 1.82) is 0 Å². The number of thiophene rings is 2. The van der Waals surface area contributed by atoms with Gasteiger partial charge in [-0.15, -0.1) is 0 Å². The summed E-state index contributed by atoms with van der Waals surface area (Å²) >= 11 is 3.35. The third kappa shape index (κ3) is 11.8. The Bertz CT molecular complexity index is 3190. The number of hydrogen-bond donors (Lipinski definition) is 0. The number of benzene rings is 5. The van der Waals surface area contributed by atoms with E-state index in [0.717, 1.165) is 33.5 Å². The molecular formula is C72H86N4S2Se2. The maximum atomic E-state index is 5.26. The predicted molar refractivity (Wildman–Crippen MR) is 348 cm³/mol. The molecule has 8 aromatic rings. The van der Waals surface area contributed by atoms with Crippen LogP contribution in [0.3, 0.4) is 0 Å². The van der Waals surface area contributed by atoms with E-state index in [4.69, 9.17) is 15.9 Å². The molecule has 0 unspecified atom stereocenters. The van der Waals surface area contributed by atoms with E-state index in [-0.39, 0.29) is 40.4 Å². The first-order valence-corrected chi connectivity index (χ1v) is 36.3. The summed E-state index contributed by atoms with van der Waals surface area (Å²) in [5.74, 6) is 0. The van der Waals surface area contributed by atoms with Gasteiger partial charge >= 0.3 is 324 Å². The van der Waals surface area contributed by atoms with E-state index in [2.05, 4.69) is 137 Å². The molecule has 0 N–H and O–H groups in total. The second-order valence-corrected chi connectivity index (χ2v) is 28.2. The Balaban J connectivity index is 0.903. The second kappa shape index (κ2) is 27.4. The summed E-state index contributed by atoms with van der Waals surface area (Å²) < 4.78 is 21.0. The molecule has 5 aromatic carbocycles. The Morgan fingerprint density at radius 1 is 0.350 bits per heavy atom. The number of aromatic nitrogens is 2. The van der Waals surface area contributed by atoms with Gasteiger partial charge in [-0.1, -0.05) is 180 Å². The van der Waals surface area contributed by atoms with Gasteiger partial charge in [-0.2, -0.15) is 0 Å². The van der Waals surface area contributed by atoms with Gasteiger partial charge in [0.2, 0.25) is 0 Å². The van der Waals surface area contributed by atoms with Gasteiger partial charge in [0.25, 0.3) is 0 Å². The Kier molecular flexibility index (Phi) is 19.7. The molecule has 4 nitrogen and oxygen atoms in total. The molecular weight excluding hydrogens is 1140 g/mol. The van der Waals surface area contributed by atoms with E-state index >= 15 is 0 Å². The fraction of sp³-hybridized carbons (Fsp3) is 0.472. The fourth-order valence-corrected chi connectivity index (χ4v) is 18.8. The van der Waals surface area contributed by atoms with Crippen molar-refractivity contribution in [2.75, 3.05) is 0 Å². The average molecular weight is 1230 g/mol. The van der Waals surface area contributed by atoms with Gasteiger partial charge in [0.15, 0.2) is 0 Å². The van der Waals surface area contributed by atoms with Crippen LogP contribution in [0.15, 0.2) is 117 Å². The molecule has 0 amide bonds. The van der Waals surface area contributed by atoms with E-state index in [1.807, 2.05) is 22.7 Å². The number of unbranched alkanes of at least 4 members (excludes halogenated alkanes) is 20. The molecule has 3 aromatic heterocycles. The Hall–Kier alpha value is -4.26. The van der Waals surface area contributed by atoms with Crippen LogP contribution in [0.25, 0.3) is 75.0 Å². The van der Waals surface area contributed by atoms with Crippen molar-refractivity contribution in [1.82, 2.24) is 7.96 Å². The van der Waals surface area contributed by atoms with Gasteiger partial charge in [0.05, 0.1) is 0 Å². The summed E-state index contributed by atoms with van der Waals surface area (Å²) in [5, 5.41) is 0. The molecule has 4 heterocycles. The molecule has 0 atom stereocenters. The molecule has 418 valence electrons. The molecule has 0 fully saturated rings. The summed E-state index contributed by atoms with van der Waals surface area (Å²) in [4.78, 5) is 5.06. The minimum absolute atomic E-state index is 0.0546. The van der Waals surface area contributed by atoms with E-state index < -0.39 is 0 Å². The van der Waals surface area contributed by atoms with Crippen molar-refractivity contribution < 1.29 is 0 Å². The van der Waals surface area contributed by atoms with E-state index in [1.165, 1.54) is 233 Å². The zero-order chi connectivity index (χ0) is 54.7. The molecule has 80 heavy (non-hydrogen) atoms. The third-order valence-corrected chi connectivity index (χ3v) is 23.1. The van der Waals surface area contributed by atoms with Crippen LogP contribution in [0.2, 0.25) is 0 Å². The van der Waals surface area contributed by atoms with Crippen molar-refractivity contribution in [3.05, 3.63) is 131 Å². The quantitative estimate of drug-likeness (QED) is 0.0312. The van der Waals surface area contributed by atoms with Crippen molar-refractivity contribution in [2.45, 2.75) is 218 Å². The first-order valence-electron chi connectivity index (χ1n) is 31.6. The van der Waals surface area contributed by atoms with E-state index in [1.54, 1.807) is 22.3 Å². The Morgan fingerprint density at radius 3 is 1.07 bits per heavy atom. The molecule has 0 bridgehead atoms. The average Bonchev–Trinajstić information content (AvgIpc) is 4.55. The van der Waals surface area contributed by atoms with Crippen molar-refractivity contribution in [2.24, 2.45) is 7.92 Å². The van der Waals surface area contributed by atoms with Crippen molar-refractivity contribution >= 4 is 74.6 Å². The van der Waals surface area contributed by atoms with Crippen LogP contribution in [-0.2, 0) is 10.8 Å². The Labute approximate surface area is 500 Å². The minimum atomic E-state index is -0.221.